The molecule has 0 radical (unpaired) electrons. The summed E-state index contributed by atoms with van der Waals surface area (Å²) < 4.78 is 6.56. The second-order valence-corrected chi connectivity index (χ2v) is 7.39. The van der Waals surface area contributed by atoms with Crippen LogP contribution in [0.15, 0.2) is 36.5 Å². The molecule has 1 amide bonds. The first-order chi connectivity index (χ1) is 14.9. The summed E-state index contributed by atoms with van der Waals surface area (Å²) in [5.74, 6) is 4.70. The monoisotopic (exact) mass is 418 g/mol. The van der Waals surface area contributed by atoms with E-state index in [2.05, 4.69) is 21.9 Å². The minimum Gasteiger partial charge on any atom is -0.464 e. The summed E-state index contributed by atoms with van der Waals surface area (Å²) in [6.45, 7) is 2.43. The van der Waals surface area contributed by atoms with E-state index in [0.717, 1.165) is 11.2 Å². The Morgan fingerprint density at radius 2 is 2.16 bits per heavy atom. The van der Waals surface area contributed by atoms with Crippen LogP contribution in [0.4, 0.5) is 0 Å². The topological polar surface area (TPSA) is 97.5 Å². The number of hydrogen-bond donors (Lipinski definition) is 1. The quantitative estimate of drug-likeness (QED) is 0.514. The molecule has 0 saturated carbocycles. The Kier molecular flexibility index (Phi) is 5.21. The van der Waals surface area contributed by atoms with Crippen LogP contribution < -0.4 is 0 Å². The van der Waals surface area contributed by atoms with Crippen molar-refractivity contribution in [3.63, 3.8) is 0 Å². The number of amides is 1. The van der Waals surface area contributed by atoms with Gasteiger partial charge in [-0.1, -0.05) is 24.8 Å². The van der Waals surface area contributed by atoms with Crippen molar-refractivity contribution in [2.24, 2.45) is 0 Å². The number of carbonyl (C=O) groups is 2. The van der Waals surface area contributed by atoms with Crippen molar-refractivity contribution in [2.75, 3.05) is 20.7 Å². The average Bonchev–Trinajstić information content (AvgIpc) is 3.31. The number of aromatic nitrogens is 3. The molecular weight excluding hydrogens is 396 g/mol. The lowest BCUT2D eigenvalue weighted by atomic mass is 10.0. The summed E-state index contributed by atoms with van der Waals surface area (Å²) in [5.41, 5.74) is 1.31. The molecule has 1 fully saturated rings. The first-order valence-corrected chi connectivity index (χ1v) is 9.94. The number of aryl methyl sites for hydroxylation is 1. The van der Waals surface area contributed by atoms with Gasteiger partial charge in [0.05, 0.1) is 29.4 Å². The number of methoxy groups -OCH3 is 1. The molecule has 0 spiro atoms. The first-order valence-electron chi connectivity index (χ1n) is 9.94. The average molecular weight is 418 g/mol. The fourth-order valence-corrected chi connectivity index (χ4v) is 3.70. The lowest BCUT2D eigenvalue weighted by molar-refractivity contribution is -0.137. The Morgan fingerprint density at radius 1 is 1.35 bits per heavy atom. The molecule has 0 aliphatic carbocycles. The molecule has 1 aliphatic rings. The SMILES string of the molecule is CCc1nccc2c1c(C(=O)OC)nn2-c1cccc(C#C[C@]2(O)CCN(C)C2=O)c1. The summed E-state index contributed by atoms with van der Waals surface area (Å²) in [5, 5.41) is 15.7. The molecule has 8 nitrogen and oxygen atoms in total. The van der Waals surface area contributed by atoms with Gasteiger partial charge < -0.3 is 14.7 Å². The van der Waals surface area contributed by atoms with Crippen LogP contribution in [0, 0.1) is 11.8 Å². The maximum Gasteiger partial charge on any atom is 0.359 e. The molecule has 31 heavy (non-hydrogen) atoms. The number of fused-ring (bicyclic) bond motifs is 1. The van der Waals surface area contributed by atoms with Crippen LogP contribution in [0.1, 0.15) is 35.1 Å². The standard InChI is InChI=1S/C23H22N4O4/c1-4-17-19-18(9-12-24-17)27(25-20(19)21(28)31-3)16-7-5-6-15(14-16)8-10-23(30)11-13-26(2)22(23)29/h5-7,9,12,14,30H,4,11,13H2,1-3H3/t23-/m0/s1. The summed E-state index contributed by atoms with van der Waals surface area (Å²) in [4.78, 5) is 30.3. The lowest BCUT2D eigenvalue weighted by Crippen LogP contribution is -2.37. The van der Waals surface area contributed by atoms with Crippen LogP contribution in [-0.4, -0.2) is 63.0 Å². The van der Waals surface area contributed by atoms with Crippen molar-refractivity contribution in [1.82, 2.24) is 19.7 Å². The van der Waals surface area contributed by atoms with Gasteiger partial charge in [0.25, 0.3) is 5.91 Å². The van der Waals surface area contributed by atoms with Crippen molar-refractivity contribution < 1.29 is 19.4 Å². The second kappa shape index (κ2) is 7.85. The molecule has 1 aliphatic heterocycles. The Balaban J connectivity index is 1.80. The maximum absolute atomic E-state index is 12.3. The van der Waals surface area contributed by atoms with Crippen molar-refractivity contribution in [3.8, 4) is 17.5 Å². The third-order valence-electron chi connectivity index (χ3n) is 5.40. The molecule has 3 heterocycles. The number of likely N-dealkylation sites (tertiary alicyclic amines) is 1. The molecule has 0 bridgehead atoms. The van der Waals surface area contributed by atoms with Crippen LogP contribution >= 0.6 is 0 Å². The van der Waals surface area contributed by atoms with E-state index in [1.165, 1.54) is 12.0 Å². The molecule has 2 aromatic heterocycles. The van der Waals surface area contributed by atoms with E-state index in [1.807, 2.05) is 13.0 Å². The summed E-state index contributed by atoms with van der Waals surface area (Å²) >= 11 is 0. The molecule has 1 saturated heterocycles. The van der Waals surface area contributed by atoms with Gasteiger partial charge in [0.15, 0.2) is 5.69 Å². The van der Waals surface area contributed by atoms with Crippen LogP contribution in [0.2, 0.25) is 0 Å². The number of esters is 1. The Bertz CT molecular complexity index is 1250. The molecule has 4 rings (SSSR count). The van der Waals surface area contributed by atoms with E-state index < -0.39 is 17.5 Å². The van der Waals surface area contributed by atoms with Gasteiger partial charge >= 0.3 is 5.97 Å². The largest absolute Gasteiger partial charge is 0.464 e. The van der Waals surface area contributed by atoms with Gasteiger partial charge in [0.2, 0.25) is 5.60 Å². The number of benzene rings is 1. The fourth-order valence-electron chi connectivity index (χ4n) is 3.70. The third-order valence-corrected chi connectivity index (χ3v) is 5.40. The molecule has 1 N–H and O–H groups in total. The molecule has 158 valence electrons. The van der Waals surface area contributed by atoms with Gasteiger partial charge in [-0.3, -0.25) is 9.78 Å². The molecule has 8 heteroatoms. The number of aliphatic hydroxyl groups is 1. The van der Waals surface area contributed by atoms with Gasteiger partial charge in [-0.2, -0.15) is 5.10 Å². The summed E-state index contributed by atoms with van der Waals surface area (Å²) in [7, 11) is 2.96. The molecule has 1 aromatic carbocycles. The second-order valence-electron chi connectivity index (χ2n) is 7.39. The number of likely N-dealkylation sites (N-methyl/N-ethyl adjacent to an activating group) is 1. The number of nitrogens with zero attached hydrogens (tertiary/aromatic N) is 4. The Labute approximate surface area is 179 Å². The van der Waals surface area contributed by atoms with Crippen molar-refractivity contribution in [3.05, 3.63) is 53.5 Å². The minimum atomic E-state index is -1.66. The van der Waals surface area contributed by atoms with Gasteiger partial charge in [0, 0.05) is 31.8 Å². The molecule has 0 unspecified atom stereocenters. The number of carbonyl (C=O) groups excluding carboxylic acids is 2. The highest BCUT2D eigenvalue weighted by Gasteiger charge is 2.42. The van der Waals surface area contributed by atoms with Crippen LogP contribution in [0.25, 0.3) is 16.6 Å². The van der Waals surface area contributed by atoms with Gasteiger partial charge in [-0.15, -0.1) is 0 Å². The van der Waals surface area contributed by atoms with E-state index >= 15 is 0 Å². The summed E-state index contributed by atoms with van der Waals surface area (Å²) in [6, 6.07) is 9.02. The summed E-state index contributed by atoms with van der Waals surface area (Å²) in [6.07, 6.45) is 2.59. The van der Waals surface area contributed by atoms with E-state index in [1.54, 1.807) is 42.2 Å². The maximum atomic E-state index is 12.3. The van der Waals surface area contributed by atoms with Crippen molar-refractivity contribution >= 4 is 22.8 Å². The molecule has 3 aromatic rings. The lowest BCUT2D eigenvalue weighted by Gasteiger charge is -2.13. The van der Waals surface area contributed by atoms with Crippen LogP contribution in [0.5, 0.6) is 0 Å². The predicted molar refractivity (Wildman–Crippen MR) is 114 cm³/mol. The van der Waals surface area contributed by atoms with Gasteiger partial charge in [-0.25, -0.2) is 9.48 Å². The van der Waals surface area contributed by atoms with Crippen molar-refractivity contribution in [1.29, 1.82) is 0 Å². The van der Waals surface area contributed by atoms with Crippen LogP contribution in [-0.2, 0) is 16.0 Å². The first kappa shape index (κ1) is 20.6. The van der Waals surface area contributed by atoms with Crippen LogP contribution in [0.3, 0.4) is 0 Å². The Hall–Kier alpha value is -3.70. The zero-order valence-electron chi connectivity index (χ0n) is 17.5. The zero-order valence-corrected chi connectivity index (χ0v) is 17.5. The predicted octanol–water partition coefficient (Wildman–Crippen LogP) is 1.71. The van der Waals surface area contributed by atoms with Crippen molar-refractivity contribution in [2.45, 2.75) is 25.4 Å². The van der Waals surface area contributed by atoms with Gasteiger partial charge in [0.1, 0.15) is 0 Å². The number of pyridine rings is 1. The highest BCUT2D eigenvalue weighted by atomic mass is 16.5. The fraction of sp³-hybridized carbons (Fsp3) is 0.304. The number of hydrogen-bond acceptors (Lipinski definition) is 6. The highest BCUT2D eigenvalue weighted by Crippen LogP contribution is 2.26. The van der Waals surface area contributed by atoms with E-state index in [9.17, 15) is 14.7 Å². The Morgan fingerprint density at radius 3 is 2.84 bits per heavy atom. The smallest absolute Gasteiger partial charge is 0.359 e. The third kappa shape index (κ3) is 3.53. The number of rotatable bonds is 3. The molecule has 1 atom stereocenters. The van der Waals surface area contributed by atoms with E-state index in [-0.39, 0.29) is 12.1 Å². The van der Waals surface area contributed by atoms with E-state index in [0.29, 0.717) is 29.6 Å². The minimum absolute atomic E-state index is 0.202. The van der Waals surface area contributed by atoms with E-state index in [4.69, 9.17) is 4.74 Å². The molecular formula is C23H22N4O4. The number of ether oxygens (including phenoxy) is 1. The van der Waals surface area contributed by atoms with Gasteiger partial charge in [-0.05, 0) is 30.7 Å². The normalized spacial score (nSPS) is 18.2. The zero-order chi connectivity index (χ0) is 22.2. The highest BCUT2D eigenvalue weighted by molar-refractivity contribution is 6.03.